The Morgan fingerprint density at radius 1 is 1.25 bits per heavy atom. The zero-order valence-electron chi connectivity index (χ0n) is 16.1. The van der Waals surface area contributed by atoms with Crippen LogP contribution in [0.1, 0.15) is 0 Å². The van der Waals surface area contributed by atoms with E-state index < -0.39 is 55.0 Å². The molecule has 1 heterocycles. The highest BCUT2D eigenvalue weighted by Crippen LogP contribution is 2.33. The molecule has 1 aromatic carbocycles. The van der Waals surface area contributed by atoms with Crippen molar-refractivity contribution < 1.29 is 50.2 Å². The summed E-state index contributed by atoms with van der Waals surface area (Å²) in [6, 6.07) is 1.44. The molecule has 178 valence electrons. The van der Waals surface area contributed by atoms with Gasteiger partial charge < -0.3 is 30.7 Å². The van der Waals surface area contributed by atoms with Crippen molar-refractivity contribution in [3.63, 3.8) is 0 Å². The highest BCUT2D eigenvalue weighted by molar-refractivity contribution is 6.00. The number of alkyl halides is 6. The summed E-state index contributed by atoms with van der Waals surface area (Å²) in [6.45, 7) is -4.13. The number of hydrogen-bond acceptors (Lipinski definition) is 6. The Bertz CT molecular complexity index is 857. The topological polar surface area (TPSA) is 123 Å². The number of nitrogens with two attached hydrogens (primary N) is 1. The van der Waals surface area contributed by atoms with Gasteiger partial charge in [-0.3, -0.25) is 14.4 Å². The number of halogens is 6. The molecule has 4 N–H and O–H groups in total. The minimum atomic E-state index is -5.06. The van der Waals surface area contributed by atoms with Crippen LogP contribution in [0.25, 0.3) is 0 Å². The van der Waals surface area contributed by atoms with Crippen LogP contribution in [0.3, 0.4) is 0 Å². The molecular weight excluding hydrogens is 454 g/mol. The van der Waals surface area contributed by atoms with Crippen molar-refractivity contribution >= 4 is 29.1 Å². The number of amides is 3. The highest BCUT2D eigenvalue weighted by atomic mass is 19.3. The maximum atomic E-state index is 13.1. The Balaban J connectivity index is 2.20. The monoisotopic (exact) mass is 472 g/mol. The van der Waals surface area contributed by atoms with Gasteiger partial charge in [0.05, 0.1) is 12.3 Å². The van der Waals surface area contributed by atoms with Crippen LogP contribution in [0.2, 0.25) is 0 Å². The third kappa shape index (κ3) is 6.00. The molecule has 2 rings (SSSR count). The van der Waals surface area contributed by atoms with E-state index in [9.17, 15) is 40.7 Å². The molecule has 9 nitrogen and oxygen atoms in total. The SMILES string of the molecule is NC[C@@H](NC(=O)C(F)(F)C(F)F)C(=O)Nc1ccc(N2CCOCC2=O)c(OC(F)F)c1. The Labute approximate surface area is 176 Å². The van der Waals surface area contributed by atoms with E-state index in [1.165, 1.54) is 17.4 Å². The lowest BCUT2D eigenvalue weighted by atomic mass is 10.2. The second-order valence-corrected chi connectivity index (χ2v) is 6.33. The molecule has 0 saturated carbocycles. The minimum Gasteiger partial charge on any atom is -0.433 e. The van der Waals surface area contributed by atoms with Gasteiger partial charge in [-0.15, -0.1) is 0 Å². The average Bonchev–Trinajstić information content (AvgIpc) is 2.72. The highest BCUT2D eigenvalue weighted by Gasteiger charge is 2.49. The fourth-order valence-corrected chi connectivity index (χ4v) is 2.59. The second-order valence-electron chi connectivity index (χ2n) is 6.33. The molecule has 1 atom stereocenters. The van der Waals surface area contributed by atoms with Crippen molar-refractivity contribution in [3.8, 4) is 5.75 Å². The molecule has 0 bridgehead atoms. The van der Waals surface area contributed by atoms with E-state index >= 15 is 0 Å². The lowest BCUT2D eigenvalue weighted by Crippen LogP contribution is -2.55. The lowest BCUT2D eigenvalue weighted by Gasteiger charge is -2.28. The van der Waals surface area contributed by atoms with E-state index in [0.29, 0.717) is 0 Å². The molecule has 0 radical (unpaired) electrons. The Kier molecular flexibility index (Phi) is 8.26. The predicted octanol–water partition coefficient (Wildman–Crippen LogP) is 0.934. The first-order chi connectivity index (χ1) is 15.0. The van der Waals surface area contributed by atoms with Crippen LogP contribution in [-0.4, -0.2) is 69.0 Å². The summed E-state index contributed by atoms with van der Waals surface area (Å²) >= 11 is 0. The number of benzene rings is 1. The van der Waals surface area contributed by atoms with Gasteiger partial charge in [-0.05, 0) is 12.1 Å². The number of morpholine rings is 1. The van der Waals surface area contributed by atoms with Crippen molar-refractivity contribution in [3.05, 3.63) is 18.2 Å². The van der Waals surface area contributed by atoms with Crippen LogP contribution in [-0.2, 0) is 19.1 Å². The van der Waals surface area contributed by atoms with E-state index in [2.05, 4.69) is 10.1 Å². The Morgan fingerprint density at radius 2 is 1.94 bits per heavy atom. The van der Waals surface area contributed by atoms with Gasteiger partial charge in [-0.25, -0.2) is 8.78 Å². The first-order valence-electron chi connectivity index (χ1n) is 8.92. The number of nitrogens with zero attached hydrogens (tertiary/aromatic N) is 1. The number of anilines is 2. The summed E-state index contributed by atoms with van der Waals surface area (Å²) in [4.78, 5) is 36.7. The largest absolute Gasteiger partial charge is 0.433 e. The quantitative estimate of drug-likeness (QED) is 0.460. The molecule has 15 heteroatoms. The molecule has 0 spiro atoms. The summed E-state index contributed by atoms with van der Waals surface area (Å²) in [5.41, 5.74) is 5.00. The average molecular weight is 472 g/mol. The smallest absolute Gasteiger partial charge is 0.387 e. The third-order valence-corrected chi connectivity index (χ3v) is 4.15. The van der Waals surface area contributed by atoms with Crippen molar-refractivity contribution in [2.75, 3.05) is 36.5 Å². The lowest BCUT2D eigenvalue weighted by molar-refractivity contribution is -0.170. The van der Waals surface area contributed by atoms with Gasteiger partial charge >= 0.3 is 19.0 Å². The van der Waals surface area contributed by atoms with Crippen LogP contribution in [0, 0.1) is 0 Å². The van der Waals surface area contributed by atoms with Crippen molar-refractivity contribution in [2.24, 2.45) is 5.73 Å². The standard InChI is InChI=1S/C17H18F6N4O5/c18-14(19)17(22,23)15(30)26-9(6-24)13(29)25-8-1-2-10(11(5-8)32-16(20)21)27-3-4-31-7-12(27)28/h1-2,5,9,14,16H,3-4,6-7,24H2,(H,25,29)(H,26,30)/t9-/m1/s1. The maximum Gasteiger partial charge on any atom is 0.387 e. The van der Waals surface area contributed by atoms with Crippen molar-refractivity contribution in [2.45, 2.75) is 25.0 Å². The molecule has 1 fully saturated rings. The van der Waals surface area contributed by atoms with Gasteiger partial charge in [0.1, 0.15) is 12.6 Å². The van der Waals surface area contributed by atoms with Gasteiger partial charge in [0, 0.05) is 24.8 Å². The summed E-state index contributed by atoms with van der Waals surface area (Å²) in [6.07, 6.45) is -4.31. The number of rotatable bonds is 9. The first kappa shape index (κ1) is 25.2. The number of ether oxygens (including phenoxy) is 2. The molecule has 1 aliphatic rings. The van der Waals surface area contributed by atoms with Crippen LogP contribution in [0.4, 0.5) is 37.7 Å². The molecule has 3 amide bonds. The van der Waals surface area contributed by atoms with E-state index in [-0.39, 0.29) is 31.1 Å². The van der Waals surface area contributed by atoms with Crippen LogP contribution >= 0.6 is 0 Å². The Hall–Kier alpha value is -3.07. The molecule has 0 unspecified atom stereocenters. The maximum absolute atomic E-state index is 13.1. The van der Waals surface area contributed by atoms with Gasteiger partial charge in [-0.2, -0.15) is 17.6 Å². The van der Waals surface area contributed by atoms with Crippen LogP contribution < -0.4 is 26.0 Å². The van der Waals surface area contributed by atoms with Crippen LogP contribution in [0.5, 0.6) is 5.75 Å². The van der Waals surface area contributed by atoms with E-state index in [0.717, 1.165) is 11.0 Å². The van der Waals surface area contributed by atoms with Crippen molar-refractivity contribution in [1.29, 1.82) is 0 Å². The normalized spacial score (nSPS) is 15.7. The number of carbonyl (C=O) groups excluding carboxylic acids is 3. The molecule has 1 aliphatic heterocycles. The molecule has 1 aromatic rings. The number of carbonyl (C=O) groups is 3. The summed E-state index contributed by atoms with van der Waals surface area (Å²) in [7, 11) is 0. The zero-order chi connectivity index (χ0) is 24.1. The summed E-state index contributed by atoms with van der Waals surface area (Å²) in [5, 5.41) is 3.51. The van der Waals surface area contributed by atoms with Gasteiger partial charge in [0.15, 0.2) is 5.75 Å². The first-order valence-corrected chi connectivity index (χ1v) is 8.92. The number of hydrogen-bond donors (Lipinski definition) is 3. The molecule has 32 heavy (non-hydrogen) atoms. The molecule has 0 aliphatic carbocycles. The van der Waals surface area contributed by atoms with E-state index in [1.54, 1.807) is 0 Å². The summed E-state index contributed by atoms with van der Waals surface area (Å²) in [5.74, 6) is -9.69. The molecular formula is C17H18F6N4O5. The fraction of sp³-hybridized carbons (Fsp3) is 0.471. The van der Waals surface area contributed by atoms with E-state index in [1.807, 2.05) is 0 Å². The summed E-state index contributed by atoms with van der Waals surface area (Å²) < 4.78 is 85.7. The minimum absolute atomic E-state index is 0.0446. The molecule has 0 aromatic heterocycles. The third-order valence-electron chi connectivity index (χ3n) is 4.15. The fourth-order valence-electron chi connectivity index (χ4n) is 2.59. The van der Waals surface area contributed by atoms with Gasteiger partial charge in [0.25, 0.3) is 11.8 Å². The van der Waals surface area contributed by atoms with Crippen LogP contribution in [0.15, 0.2) is 18.2 Å². The van der Waals surface area contributed by atoms with Gasteiger partial charge in [-0.1, -0.05) is 0 Å². The zero-order valence-corrected chi connectivity index (χ0v) is 16.1. The van der Waals surface area contributed by atoms with E-state index in [4.69, 9.17) is 10.5 Å². The van der Waals surface area contributed by atoms with Crippen molar-refractivity contribution in [1.82, 2.24) is 5.32 Å². The predicted molar refractivity (Wildman–Crippen MR) is 96.8 cm³/mol. The van der Waals surface area contributed by atoms with Gasteiger partial charge in [0.2, 0.25) is 5.91 Å². The second kappa shape index (κ2) is 10.5. The Morgan fingerprint density at radius 3 is 2.50 bits per heavy atom. The number of nitrogens with one attached hydrogen (secondary N) is 2. The molecule has 1 saturated heterocycles.